The van der Waals surface area contributed by atoms with Crippen molar-refractivity contribution in [3.63, 3.8) is 0 Å². The highest BCUT2D eigenvalue weighted by molar-refractivity contribution is 7.52. The second-order valence-electron chi connectivity index (χ2n) is 3.08. The van der Waals surface area contributed by atoms with Crippen molar-refractivity contribution in [3.05, 3.63) is 0 Å². The van der Waals surface area contributed by atoms with Crippen LogP contribution in [0.15, 0.2) is 0 Å². The Morgan fingerprint density at radius 2 is 1.83 bits per heavy atom. The van der Waals surface area contributed by atoms with Gasteiger partial charge in [0.2, 0.25) is 0 Å². The molecule has 0 fully saturated rings. The van der Waals surface area contributed by atoms with Crippen LogP contribution in [0.4, 0.5) is 0 Å². The van der Waals surface area contributed by atoms with Crippen LogP contribution in [0.5, 0.6) is 0 Å². The first-order valence-corrected chi connectivity index (χ1v) is 5.79. The summed E-state index contributed by atoms with van der Waals surface area (Å²) in [7, 11) is -3.94. The van der Waals surface area contributed by atoms with Gasteiger partial charge < -0.3 is 14.9 Å². The van der Waals surface area contributed by atoms with Crippen molar-refractivity contribution in [1.29, 1.82) is 0 Å². The monoisotopic (exact) mass is 196 g/mol. The van der Waals surface area contributed by atoms with E-state index < -0.39 is 19.4 Å². The van der Waals surface area contributed by atoms with Crippen molar-refractivity contribution >= 4 is 7.60 Å². The normalized spacial score (nSPS) is 17.4. The van der Waals surface area contributed by atoms with Crippen LogP contribution in [0.1, 0.15) is 33.1 Å². The van der Waals surface area contributed by atoms with Gasteiger partial charge in [-0.25, -0.2) is 0 Å². The van der Waals surface area contributed by atoms with E-state index in [1.54, 1.807) is 13.8 Å². The molecular formula is C7H17O4P. The van der Waals surface area contributed by atoms with Gasteiger partial charge in [-0.1, -0.05) is 6.92 Å². The Kier molecular flexibility index (Phi) is 5.02. The van der Waals surface area contributed by atoms with Crippen LogP contribution in [-0.4, -0.2) is 26.7 Å². The lowest BCUT2D eigenvalue weighted by Crippen LogP contribution is -2.10. The Bertz CT molecular complexity index is 163. The van der Waals surface area contributed by atoms with Crippen LogP contribution in [0, 0.1) is 0 Å². The fourth-order valence-corrected chi connectivity index (χ4v) is 2.00. The Labute approximate surface area is 72.8 Å². The van der Waals surface area contributed by atoms with E-state index in [2.05, 4.69) is 0 Å². The highest BCUT2D eigenvalue weighted by atomic mass is 31.2. The molecule has 0 rings (SSSR count). The largest absolute Gasteiger partial charge is 0.393 e. The molecule has 0 aliphatic carbocycles. The van der Waals surface area contributed by atoms with E-state index in [4.69, 9.17) is 14.9 Å². The summed E-state index contributed by atoms with van der Waals surface area (Å²) in [6.07, 6.45) is 0.810. The number of hydrogen-bond acceptors (Lipinski definition) is 2. The second-order valence-corrected chi connectivity index (χ2v) is 4.99. The van der Waals surface area contributed by atoms with Crippen LogP contribution in [-0.2, 0) is 4.57 Å². The molecule has 0 radical (unpaired) electrons. The summed E-state index contributed by atoms with van der Waals surface area (Å²) in [6.45, 7) is 3.36. The summed E-state index contributed by atoms with van der Waals surface area (Å²) in [5.41, 5.74) is -0.591. The van der Waals surface area contributed by atoms with Crippen molar-refractivity contribution < 1.29 is 19.5 Å². The molecule has 0 aromatic heterocycles. The smallest absolute Gasteiger partial charge is 0.328 e. The Balaban J connectivity index is 3.93. The molecule has 74 valence electrons. The van der Waals surface area contributed by atoms with E-state index in [1.807, 2.05) is 0 Å². The van der Waals surface area contributed by atoms with Crippen LogP contribution in [0.2, 0.25) is 0 Å². The van der Waals surface area contributed by atoms with Crippen LogP contribution < -0.4 is 0 Å². The van der Waals surface area contributed by atoms with E-state index in [9.17, 15) is 4.57 Å². The first-order valence-electron chi connectivity index (χ1n) is 4.11. The average molecular weight is 196 g/mol. The Morgan fingerprint density at radius 1 is 1.33 bits per heavy atom. The lowest BCUT2D eigenvalue weighted by atomic mass is 10.1. The topological polar surface area (TPSA) is 77.8 Å². The molecule has 0 heterocycles. The molecular weight excluding hydrogens is 179 g/mol. The molecule has 2 atom stereocenters. The number of rotatable bonds is 5. The summed E-state index contributed by atoms with van der Waals surface area (Å²) in [4.78, 5) is 17.6. The van der Waals surface area contributed by atoms with Gasteiger partial charge in [-0.15, -0.1) is 0 Å². The molecule has 0 saturated carbocycles. The minimum absolute atomic E-state index is 0.387. The van der Waals surface area contributed by atoms with Crippen molar-refractivity contribution in [3.8, 4) is 0 Å². The maximum atomic E-state index is 10.8. The second kappa shape index (κ2) is 4.97. The maximum absolute atomic E-state index is 10.8. The van der Waals surface area contributed by atoms with Gasteiger partial charge in [0.25, 0.3) is 0 Å². The predicted octanol–water partition coefficient (Wildman–Crippen LogP) is 1.10. The van der Waals surface area contributed by atoms with Gasteiger partial charge in [0.05, 0.1) is 11.8 Å². The van der Waals surface area contributed by atoms with Gasteiger partial charge in [-0.3, -0.25) is 4.57 Å². The molecule has 0 bridgehead atoms. The minimum Gasteiger partial charge on any atom is -0.393 e. The molecule has 3 N–H and O–H groups in total. The van der Waals surface area contributed by atoms with Crippen LogP contribution >= 0.6 is 7.60 Å². The summed E-state index contributed by atoms with van der Waals surface area (Å²) >= 11 is 0. The first kappa shape index (κ1) is 12.1. The average Bonchev–Trinajstić information content (AvgIpc) is 1.85. The summed E-state index contributed by atoms with van der Waals surface area (Å²) in [5.74, 6) is 0. The highest BCUT2D eigenvalue weighted by Crippen LogP contribution is 2.45. The molecule has 0 aromatic carbocycles. The zero-order chi connectivity index (χ0) is 9.78. The molecule has 5 heteroatoms. The SMILES string of the molecule is CCC(CCC(C)O)P(=O)(O)O. The molecule has 2 unspecified atom stereocenters. The molecule has 4 nitrogen and oxygen atoms in total. The number of aliphatic hydroxyl groups excluding tert-OH is 1. The summed E-state index contributed by atoms with van der Waals surface area (Å²) in [6, 6.07) is 0. The van der Waals surface area contributed by atoms with Gasteiger partial charge in [0.15, 0.2) is 0 Å². The van der Waals surface area contributed by atoms with Crippen molar-refractivity contribution in [2.24, 2.45) is 0 Å². The van der Waals surface area contributed by atoms with E-state index in [1.165, 1.54) is 0 Å². The highest BCUT2D eigenvalue weighted by Gasteiger charge is 2.26. The first-order chi connectivity index (χ1) is 5.38. The summed E-state index contributed by atoms with van der Waals surface area (Å²) < 4.78 is 10.8. The van der Waals surface area contributed by atoms with Gasteiger partial charge in [-0.05, 0) is 26.2 Å². The van der Waals surface area contributed by atoms with E-state index >= 15 is 0 Å². The number of aliphatic hydroxyl groups is 1. The molecule has 0 aromatic rings. The maximum Gasteiger partial charge on any atom is 0.328 e. The quantitative estimate of drug-likeness (QED) is 0.575. The lowest BCUT2D eigenvalue weighted by Gasteiger charge is -2.16. The molecule has 0 aliphatic rings. The molecule has 0 amide bonds. The zero-order valence-electron chi connectivity index (χ0n) is 7.47. The van der Waals surface area contributed by atoms with Gasteiger partial charge in [0, 0.05) is 0 Å². The number of hydrogen-bond donors (Lipinski definition) is 3. The fourth-order valence-electron chi connectivity index (χ4n) is 1.04. The predicted molar refractivity (Wildman–Crippen MR) is 47.0 cm³/mol. The molecule has 0 saturated heterocycles. The summed E-state index contributed by atoms with van der Waals surface area (Å²) in [5, 5.41) is 8.91. The molecule has 0 spiro atoms. The van der Waals surface area contributed by atoms with E-state index in [0.717, 1.165) is 0 Å². The molecule has 0 aliphatic heterocycles. The lowest BCUT2D eigenvalue weighted by molar-refractivity contribution is 0.179. The third-order valence-corrected chi connectivity index (χ3v) is 3.44. The van der Waals surface area contributed by atoms with Gasteiger partial charge >= 0.3 is 7.60 Å². The van der Waals surface area contributed by atoms with E-state index in [-0.39, 0.29) is 0 Å². The Hall–Kier alpha value is 0.110. The van der Waals surface area contributed by atoms with Crippen LogP contribution in [0.3, 0.4) is 0 Å². The van der Waals surface area contributed by atoms with Crippen molar-refractivity contribution in [2.75, 3.05) is 0 Å². The van der Waals surface area contributed by atoms with Crippen molar-refractivity contribution in [2.45, 2.75) is 44.9 Å². The standard InChI is InChI=1S/C7H17O4P/c1-3-7(12(9,10)11)5-4-6(2)8/h6-8H,3-5H2,1-2H3,(H2,9,10,11). The minimum atomic E-state index is -3.94. The van der Waals surface area contributed by atoms with E-state index in [0.29, 0.717) is 19.3 Å². The van der Waals surface area contributed by atoms with Gasteiger partial charge in [-0.2, -0.15) is 0 Å². The van der Waals surface area contributed by atoms with Gasteiger partial charge in [0.1, 0.15) is 0 Å². The fraction of sp³-hybridized carbons (Fsp3) is 1.00. The Morgan fingerprint density at radius 3 is 2.08 bits per heavy atom. The van der Waals surface area contributed by atoms with Crippen LogP contribution in [0.25, 0.3) is 0 Å². The van der Waals surface area contributed by atoms with Crippen molar-refractivity contribution in [1.82, 2.24) is 0 Å². The third-order valence-electron chi connectivity index (χ3n) is 1.86. The molecule has 12 heavy (non-hydrogen) atoms. The zero-order valence-corrected chi connectivity index (χ0v) is 8.37. The third kappa shape index (κ3) is 4.88.